The molecule has 0 N–H and O–H groups in total. The van der Waals surface area contributed by atoms with Crippen LogP contribution in [0.4, 0.5) is 0 Å². The van der Waals surface area contributed by atoms with Crippen molar-refractivity contribution in [3.8, 4) is 0 Å². The molecule has 0 aliphatic heterocycles. The van der Waals surface area contributed by atoms with Gasteiger partial charge in [0, 0.05) is 19.4 Å². The minimum atomic E-state index is -0.529. The van der Waals surface area contributed by atoms with Crippen molar-refractivity contribution in [1.82, 2.24) is 0 Å². The van der Waals surface area contributed by atoms with E-state index in [9.17, 15) is 9.59 Å². The Morgan fingerprint density at radius 3 is 1.46 bits per heavy atom. The fourth-order valence-electron chi connectivity index (χ4n) is 5.84. The molecule has 0 saturated heterocycles. The van der Waals surface area contributed by atoms with Gasteiger partial charge in [0.05, 0.1) is 6.61 Å². The second-order valence-electron chi connectivity index (χ2n) is 13.9. The number of unbranched alkanes of at least 4 members (excludes halogenated alkanes) is 23. The molecular formula is C43H80O5. The Kier molecular flexibility index (Phi) is 38.5. The molecule has 0 aromatic rings. The van der Waals surface area contributed by atoms with Crippen LogP contribution in [0.25, 0.3) is 0 Å². The Labute approximate surface area is 298 Å². The molecule has 48 heavy (non-hydrogen) atoms. The average molecular weight is 677 g/mol. The maximum absolute atomic E-state index is 12.6. The Morgan fingerprint density at radius 1 is 0.458 bits per heavy atom. The number of carbonyl (C=O) groups is 2. The first-order valence-electron chi connectivity index (χ1n) is 20.9. The zero-order valence-electron chi connectivity index (χ0n) is 32.3. The molecule has 0 rings (SSSR count). The van der Waals surface area contributed by atoms with Gasteiger partial charge in [0.25, 0.3) is 0 Å². The number of esters is 2. The maximum Gasteiger partial charge on any atom is 0.306 e. The van der Waals surface area contributed by atoms with Crippen LogP contribution in [-0.2, 0) is 23.8 Å². The Bertz CT molecular complexity index is 731. The summed E-state index contributed by atoms with van der Waals surface area (Å²) < 4.78 is 17.1. The summed E-state index contributed by atoms with van der Waals surface area (Å²) in [6.45, 7) is 7.72. The quantitative estimate of drug-likeness (QED) is 0.0370. The van der Waals surface area contributed by atoms with E-state index in [2.05, 4.69) is 45.1 Å². The second-order valence-corrected chi connectivity index (χ2v) is 13.9. The van der Waals surface area contributed by atoms with Gasteiger partial charge >= 0.3 is 11.9 Å². The van der Waals surface area contributed by atoms with Crippen molar-refractivity contribution in [2.24, 2.45) is 0 Å². The standard InChI is InChI=1S/C43H80O5/c1-4-7-10-13-16-18-20-22-24-26-28-30-33-36-42(44)47-40-41(39-46-38-35-32-15-12-9-6-3)48-43(45)37-34-31-29-27-25-23-21-19-17-14-11-8-5-2/h10,13,18,20,41H,4-9,11-12,14-17,19,21-40H2,1-3H3/b13-10-,20-18-. The van der Waals surface area contributed by atoms with Crippen molar-refractivity contribution >= 4 is 11.9 Å². The van der Waals surface area contributed by atoms with E-state index in [1.165, 1.54) is 122 Å². The lowest BCUT2D eigenvalue weighted by atomic mass is 10.0. The van der Waals surface area contributed by atoms with E-state index in [4.69, 9.17) is 14.2 Å². The smallest absolute Gasteiger partial charge is 0.306 e. The molecule has 0 aromatic heterocycles. The van der Waals surface area contributed by atoms with E-state index in [-0.39, 0.29) is 25.2 Å². The topological polar surface area (TPSA) is 61.8 Å². The Hall–Kier alpha value is -1.62. The summed E-state index contributed by atoms with van der Waals surface area (Å²) in [5.74, 6) is -0.410. The van der Waals surface area contributed by atoms with Crippen LogP contribution in [0.15, 0.2) is 24.3 Å². The number of allylic oxidation sites excluding steroid dienone is 4. The van der Waals surface area contributed by atoms with Crippen LogP contribution >= 0.6 is 0 Å². The molecule has 0 bridgehead atoms. The minimum absolute atomic E-state index is 0.0830. The van der Waals surface area contributed by atoms with Gasteiger partial charge in [-0.25, -0.2) is 0 Å². The zero-order valence-corrected chi connectivity index (χ0v) is 32.3. The van der Waals surface area contributed by atoms with Crippen LogP contribution in [-0.4, -0.2) is 37.9 Å². The largest absolute Gasteiger partial charge is 0.462 e. The van der Waals surface area contributed by atoms with Gasteiger partial charge in [-0.05, 0) is 44.9 Å². The first-order valence-corrected chi connectivity index (χ1v) is 20.9. The highest BCUT2D eigenvalue weighted by molar-refractivity contribution is 5.70. The summed E-state index contributed by atoms with van der Waals surface area (Å²) >= 11 is 0. The maximum atomic E-state index is 12.6. The average Bonchev–Trinajstić information content (AvgIpc) is 3.08. The predicted molar refractivity (Wildman–Crippen MR) is 205 cm³/mol. The highest BCUT2D eigenvalue weighted by Gasteiger charge is 2.17. The van der Waals surface area contributed by atoms with Crippen molar-refractivity contribution in [3.63, 3.8) is 0 Å². The lowest BCUT2D eigenvalue weighted by Gasteiger charge is -2.18. The van der Waals surface area contributed by atoms with Gasteiger partial charge in [-0.15, -0.1) is 0 Å². The molecule has 5 heteroatoms. The lowest BCUT2D eigenvalue weighted by Crippen LogP contribution is -2.30. The second kappa shape index (κ2) is 39.8. The van der Waals surface area contributed by atoms with E-state index in [1.807, 2.05) is 0 Å². The number of ether oxygens (including phenoxy) is 3. The van der Waals surface area contributed by atoms with Gasteiger partial charge in [-0.2, -0.15) is 0 Å². The normalized spacial score (nSPS) is 12.3. The fraction of sp³-hybridized carbons (Fsp3) is 0.860. The van der Waals surface area contributed by atoms with Crippen LogP contribution in [0.5, 0.6) is 0 Å². The third-order valence-electron chi connectivity index (χ3n) is 8.97. The number of rotatable bonds is 38. The van der Waals surface area contributed by atoms with E-state index < -0.39 is 6.10 Å². The lowest BCUT2D eigenvalue weighted by molar-refractivity contribution is -0.163. The van der Waals surface area contributed by atoms with E-state index >= 15 is 0 Å². The van der Waals surface area contributed by atoms with Crippen molar-refractivity contribution in [3.05, 3.63) is 24.3 Å². The van der Waals surface area contributed by atoms with Crippen LogP contribution in [0.1, 0.15) is 213 Å². The summed E-state index contributed by atoms with van der Waals surface area (Å²) in [5, 5.41) is 0. The molecule has 0 fully saturated rings. The Morgan fingerprint density at radius 2 is 0.917 bits per heavy atom. The molecule has 282 valence electrons. The zero-order chi connectivity index (χ0) is 35.0. The number of carbonyl (C=O) groups excluding carboxylic acids is 2. The van der Waals surface area contributed by atoms with E-state index in [0.29, 0.717) is 19.4 Å². The molecule has 0 aliphatic rings. The fourth-order valence-corrected chi connectivity index (χ4v) is 5.84. The van der Waals surface area contributed by atoms with Crippen LogP contribution in [0, 0.1) is 0 Å². The first-order chi connectivity index (χ1) is 23.6. The molecule has 1 unspecified atom stereocenters. The highest BCUT2D eigenvalue weighted by Crippen LogP contribution is 2.14. The summed E-state index contributed by atoms with van der Waals surface area (Å²) in [6.07, 6.45) is 43.2. The number of hydrogen-bond acceptors (Lipinski definition) is 5. The molecule has 0 amide bonds. The predicted octanol–water partition coefficient (Wildman–Crippen LogP) is 13.3. The Balaban J connectivity index is 4.15. The van der Waals surface area contributed by atoms with Gasteiger partial charge < -0.3 is 14.2 Å². The van der Waals surface area contributed by atoms with Crippen molar-refractivity contribution in [2.75, 3.05) is 19.8 Å². The molecule has 0 heterocycles. The third-order valence-corrected chi connectivity index (χ3v) is 8.97. The van der Waals surface area contributed by atoms with Gasteiger partial charge in [0.1, 0.15) is 6.61 Å². The van der Waals surface area contributed by atoms with Crippen molar-refractivity contribution < 1.29 is 23.8 Å². The molecule has 0 radical (unpaired) electrons. The summed E-state index contributed by atoms with van der Waals surface area (Å²) in [4.78, 5) is 25.0. The molecule has 1 atom stereocenters. The molecular weight excluding hydrogens is 596 g/mol. The summed E-state index contributed by atoms with van der Waals surface area (Å²) in [5.41, 5.74) is 0. The third kappa shape index (κ3) is 37.2. The van der Waals surface area contributed by atoms with Crippen LogP contribution < -0.4 is 0 Å². The molecule has 5 nitrogen and oxygen atoms in total. The van der Waals surface area contributed by atoms with Gasteiger partial charge in [0.2, 0.25) is 0 Å². The summed E-state index contributed by atoms with van der Waals surface area (Å²) in [7, 11) is 0. The minimum Gasteiger partial charge on any atom is -0.462 e. The molecule has 0 spiro atoms. The van der Waals surface area contributed by atoms with Crippen LogP contribution in [0.2, 0.25) is 0 Å². The highest BCUT2D eigenvalue weighted by atomic mass is 16.6. The van der Waals surface area contributed by atoms with E-state index in [0.717, 1.165) is 57.8 Å². The van der Waals surface area contributed by atoms with E-state index in [1.54, 1.807) is 0 Å². The molecule has 0 aromatic carbocycles. The summed E-state index contributed by atoms with van der Waals surface area (Å²) in [6, 6.07) is 0. The number of hydrogen-bond donors (Lipinski definition) is 0. The van der Waals surface area contributed by atoms with Crippen molar-refractivity contribution in [2.45, 2.75) is 219 Å². The molecule has 0 saturated carbocycles. The molecule has 0 aliphatic carbocycles. The van der Waals surface area contributed by atoms with Gasteiger partial charge in [-0.1, -0.05) is 180 Å². The first kappa shape index (κ1) is 46.4. The van der Waals surface area contributed by atoms with Gasteiger partial charge in [-0.3, -0.25) is 9.59 Å². The van der Waals surface area contributed by atoms with Crippen LogP contribution in [0.3, 0.4) is 0 Å². The SMILES string of the molecule is CCC/C=C\C/C=C\CCCCCCCC(=O)OCC(COCCCCCCCC)OC(=O)CCCCCCCCCCCCCCC. The van der Waals surface area contributed by atoms with Gasteiger partial charge in [0.15, 0.2) is 6.10 Å². The van der Waals surface area contributed by atoms with Crippen molar-refractivity contribution in [1.29, 1.82) is 0 Å². The monoisotopic (exact) mass is 677 g/mol.